The second-order valence-corrected chi connectivity index (χ2v) is 4.55. The molecule has 3 nitrogen and oxygen atoms in total. The molecule has 1 amide bonds. The van der Waals surface area contributed by atoms with Crippen LogP contribution in [0, 0.1) is 5.82 Å². The van der Waals surface area contributed by atoms with Crippen LogP contribution in [0.15, 0.2) is 18.2 Å². The molecule has 1 aliphatic rings. The Morgan fingerprint density at radius 2 is 2.29 bits per heavy atom. The number of carbonyl (C=O) groups is 1. The van der Waals surface area contributed by atoms with Crippen LogP contribution in [0.3, 0.4) is 0 Å². The van der Waals surface area contributed by atoms with Crippen LogP contribution in [0.1, 0.15) is 23.2 Å². The number of hydrogen-bond donors (Lipinski definition) is 1. The second kappa shape index (κ2) is 5.02. The number of aliphatic hydroxyl groups is 1. The molecule has 0 aromatic heterocycles. The van der Waals surface area contributed by atoms with Gasteiger partial charge in [0.2, 0.25) is 0 Å². The van der Waals surface area contributed by atoms with Gasteiger partial charge >= 0.3 is 0 Å². The number of piperidine rings is 1. The van der Waals surface area contributed by atoms with Gasteiger partial charge < -0.3 is 10.0 Å². The minimum Gasteiger partial charge on any atom is -0.391 e. The van der Waals surface area contributed by atoms with Crippen LogP contribution in [-0.2, 0) is 0 Å². The molecule has 1 atom stereocenters. The molecule has 1 saturated heterocycles. The van der Waals surface area contributed by atoms with Crippen LogP contribution in [-0.4, -0.2) is 35.1 Å². The quantitative estimate of drug-likeness (QED) is 0.837. The lowest BCUT2D eigenvalue weighted by Crippen LogP contribution is -2.42. The molecule has 1 heterocycles. The van der Waals surface area contributed by atoms with Crippen molar-refractivity contribution in [3.8, 4) is 0 Å². The van der Waals surface area contributed by atoms with E-state index in [0.29, 0.717) is 13.0 Å². The SMILES string of the molecule is O=C(c1c(F)cccc1Cl)N1CCC[C@@H](O)C1. The predicted molar refractivity (Wildman–Crippen MR) is 62.6 cm³/mol. The Kier molecular flexibility index (Phi) is 3.64. The number of hydrogen-bond acceptors (Lipinski definition) is 2. The van der Waals surface area contributed by atoms with E-state index in [2.05, 4.69) is 0 Å². The Labute approximate surface area is 104 Å². The summed E-state index contributed by atoms with van der Waals surface area (Å²) in [6.45, 7) is 0.768. The van der Waals surface area contributed by atoms with E-state index in [1.165, 1.54) is 23.1 Å². The molecule has 92 valence electrons. The number of aliphatic hydroxyl groups excluding tert-OH is 1. The minimum absolute atomic E-state index is 0.107. The molecule has 5 heteroatoms. The van der Waals surface area contributed by atoms with E-state index in [-0.39, 0.29) is 17.1 Å². The second-order valence-electron chi connectivity index (χ2n) is 4.14. The fraction of sp³-hybridized carbons (Fsp3) is 0.417. The van der Waals surface area contributed by atoms with E-state index in [1.54, 1.807) is 0 Å². The predicted octanol–water partition coefficient (Wildman–Crippen LogP) is 2.08. The van der Waals surface area contributed by atoms with Gasteiger partial charge in [0.25, 0.3) is 5.91 Å². The van der Waals surface area contributed by atoms with Gasteiger partial charge in [0, 0.05) is 13.1 Å². The average Bonchev–Trinajstić information content (AvgIpc) is 2.28. The smallest absolute Gasteiger partial charge is 0.258 e. The summed E-state index contributed by atoms with van der Waals surface area (Å²) < 4.78 is 13.6. The molecule has 17 heavy (non-hydrogen) atoms. The summed E-state index contributed by atoms with van der Waals surface area (Å²) >= 11 is 5.83. The first kappa shape index (κ1) is 12.3. The lowest BCUT2D eigenvalue weighted by atomic mass is 10.1. The van der Waals surface area contributed by atoms with E-state index in [0.717, 1.165) is 6.42 Å². The van der Waals surface area contributed by atoms with Gasteiger partial charge in [-0.15, -0.1) is 0 Å². The number of halogens is 2. The van der Waals surface area contributed by atoms with Crippen molar-refractivity contribution in [1.29, 1.82) is 0 Å². The highest BCUT2D eigenvalue weighted by molar-refractivity contribution is 6.33. The molecule has 1 N–H and O–H groups in total. The highest BCUT2D eigenvalue weighted by Crippen LogP contribution is 2.22. The highest BCUT2D eigenvalue weighted by Gasteiger charge is 2.26. The van der Waals surface area contributed by atoms with Crippen molar-refractivity contribution in [3.05, 3.63) is 34.6 Å². The Hall–Kier alpha value is -1.13. The van der Waals surface area contributed by atoms with Gasteiger partial charge in [-0.3, -0.25) is 4.79 Å². The number of β-amino-alcohol motifs (C(OH)–C–C–N with tert-alkyl or cyclic N) is 1. The van der Waals surface area contributed by atoms with Crippen molar-refractivity contribution in [1.82, 2.24) is 4.90 Å². The van der Waals surface area contributed by atoms with Crippen molar-refractivity contribution in [3.63, 3.8) is 0 Å². The number of likely N-dealkylation sites (tertiary alicyclic amines) is 1. The van der Waals surface area contributed by atoms with E-state index >= 15 is 0 Å². The zero-order chi connectivity index (χ0) is 12.4. The van der Waals surface area contributed by atoms with Gasteiger partial charge in [-0.1, -0.05) is 17.7 Å². The first-order valence-corrected chi connectivity index (χ1v) is 5.88. The van der Waals surface area contributed by atoms with E-state index < -0.39 is 17.8 Å². The molecule has 2 rings (SSSR count). The molecule has 0 unspecified atom stereocenters. The van der Waals surface area contributed by atoms with Crippen LogP contribution in [0.2, 0.25) is 5.02 Å². The summed E-state index contributed by atoms with van der Waals surface area (Å²) in [4.78, 5) is 13.5. The number of amides is 1. The van der Waals surface area contributed by atoms with Crippen LogP contribution < -0.4 is 0 Å². The lowest BCUT2D eigenvalue weighted by Gasteiger charge is -2.30. The monoisotopic (exact) mass is 257 g/mol. The molecule has 0 aliphatic carbocycles. The average molecular weight is 258 g/mol. The van der Waals surface area contributed by atoms with E-state index in [1.807, 2.05) is 0 Å². The number of nitrogens with zero attached hydrogens (tertiary/aromatic N) is 1. The summed E-state index contributed by atoms with van der Waals surface area (Å²) in [5.41, 5.74) is -0.108. The zero-order valence-corrected chi connectivity index (χ0v) is 9.95. The normalized spacial score (nSPS) is 20.4. The van der Waals surface area contributed by atoms with Gasteiger partial charge in [0.05, 0.1) is 16.7 Å². The van der Waals surface area contributed by atoms with E-state index in [4.69, 9.17) is 11.6 Å². The summed E-state index contributed by atoms with van der Waals surface area (Å²) in [5, 5.41) is 9.60. The Morgan fingerprint density at radius 3 is 2.94 bits per heavy atom. The molecule has 1 aromatic rings. The topological polar surface area (TPSA) is 40.5 Å². The molecular weight excluding hydrogens is 245 g/mol. The molecule has 0 radical (unpaired) electrons. The third-order valence-electron chi connectivity index (χ3n) is 2.86. The van der Waals surface area contributed by atoms with E-state index in [9.17, 15) is 14.3 Å². The molecule has 1 aliphatic heterocycles. The van der Waals surface area contributed by atoms with Crippen molar-refractivity contribution in [2.75, 3.05) is 13.1 Å². The zero-order valence-electron chi connectivity index (χ0n) is 9.20. The van der Waals surface area contributed by atoms with Crippen LogP contribution in [0.5, 0.6) is 0 Å². The van der Waals surface area contributed by atoms with Crippen molar-refractivity contribution < 1.29 is 14.3 Å². The van der Waals surface area contributed by atoms with Gasteiger partial charge in [-0.05, 0) is 25.0 Å². The van der Waals surface area contributed by atoms with Gasteiger partial charge in [-0.25, -0.2) is 4.39 Å². The summed E-state index contributed by atoms with van der Waals surface area (Å²) in [5.74, 6) is -1.07. The fourth-order valence-electron chi connectivity index (χ4n) is 2.00. The Bertz CT molecular complexity index is 418. The largest absolute Gasteiger partial charge is 0.391 e. The summed E-state index contributed by atoms with van der Waals surface area (Å²) in [6.07, 6.45) is 0.867. The Morgan fingerprint density at radius 1 is 1.53 bits per heavy atom. The maximum Gasteiger partial charge on any atom is 0.258 e. The maximum atomic E-state index is 13.6. The first-order chi connectivity index (χ1) is 8.09. The number of carbonyl (C=O) groups excluding carboxylic acids is 1. The molecule has 0 bridgehead atoms. The van der Waals surface area contributed by atoms with Crippen molar-refractivity contribution in [2.24, 2.45) is 0 Å². The van der Waals surface area contributed by atoms with Crippen LogP contribution in [0.25, 0.3) is 0 Å². The highest BCUT2D eigenvalue weighted by atomic mass is 35.5. The summed E-state index contributed by atoms with van der Waals surface area (Å²) in [7, 11) is 0. The van der Waals surface area contributed by atoms with Gasteiger partial charge in [0.15, 0.2) is 0 Å². The van der Waals surface area contributed by atoms with Gasteiger partial charge in [0.1, 0.15) is 5.82 Å². The van der Waals surface area contributed by atoms with Crippen LogP contribution >= 0.6 is 11.6 Å². The van der Waals surface area contributed by atoms with Crippen LogP contribution in [0.4, 0.5) is 4.39 Å². The van der Waals surface area contributed by atoms with Crippen molar-refractivity contribution in [2.45, 2.75) is 18.9 Å². The maximum absolute atomic E-state index is 13.6. The standard InChI is InChI=1S/C12H13ClFNO2/c13-9-4-1-5-10(14)11(9)12(17)15-6-2-3-8(16)7-15/h1,4-5,8,16H,2-3,6-7H2/t8-/m1/s1. The lowest BCUT2D eigenvalue weighted by molar-refractivity contribution is 0.0470. The Balaban J connectivity index is 2.24. The third kappa shape index (κ3) is 2.58. The molecule has 0 saturated carbocycles. The first-order valence-electron chi connectivity index (χ1n) is 5.51. The van der Waals surface area contributed by atoms with Crippen molar-refractivity contribution >= 4 is 17.5 Å². The van der Waals surface area contributed by atoms with Gasteiger partial charge in [-0.2, -0.15) is 0 Å². The fourth-order valence-corrected chi connectivity index (χ4v) is 2.24. The minimum atomic E-state index is -0.623. The third-order valence-corrected chi connectivity index (χ3v) is 3.18. The molecule has 1 aromatic carbocycles. The molecular formula is C12H13ClFNO2. The molecule has 0 spiro atoms. The number of rotatable bonds is 1. The summed E-state index contributed by atoms with van der Waals surface area (Å²) in [6, 6.07) is 4.15. The number of benzene rings is 1. The molecule has 1 fully saturated rings.